The molecule has 2 heteroatoms. The molecule has 0 radical (unpaired) electrons. The Balaban J connectivity index is 1.96. The maximum atomic E-state index is 9.89. The Bertz CT molecular complexity index is 400. The van der Waals surface area contributed by atoms with Crippen LogP contribution in [0.4, 0.5) is 0 Å². The van der Waals surface area contributed by atoms with E-state index in [-0.39, 0.29) is 6.10 Å². The maximum absolute atomic E-state index is 9.89. The number of rotatable bonds is 7. The van der Waals surface area contributed by atoms with Gasteiger partial charge in [-0.1, -0.05) is 45.2 Å². The van der Waals surface area contributed by atoms with Crippen LogP contribution in [-0.4, -0.2) is 11.7 Å². The number of benzene rings is 1. The molecule has 0 aromatic heterocycles. The van der Waals surface area contributed by atoms with Gasteiger partial charge in [-0.2, -0.15) is 0 Å². The molecule has 0 saturated heterocycles. The van der Waals surface area contributed by atoms with E-state index in [2.05, 4.69) is 13.8 Å². The van der Waals surface area contributed by atoms with Crippen molar-refractivity contribution in [3.63, 3.8) is 0 Å². The number of fused-ring (bicyclic) bond motifs is 1. The fraction of sp³-hybridized carbons (Fsp3) is 0.647. The van der Waals surface area contributed by atoms with E-state index in [4.69, 9.17) is 4.74 Å². The zero-order chi connectivity index (χ0) is 13.7. The molecule has 0 fully saturated rings. The van der Waals surface area contributed by atoms with Crippen LogP contribution in [0.2, 0.25) is 0 Å². The Kier molecular flexibility index (Phi) is 5.26. The van der Waals surface area contributed by atoms with E-state index in [9.17, 15) is 5.11 Å². The molecular formula is C17H26O2. The second-order valence-electron chi connectivity index (χ2n) is 5.61. The van der Waals surface area contributed by atoms with Gasteiger partial charge in [-0.15, -0.1) is 0 Å². The van der Waals surface area contributed by atoms with Crippen LogP contribution in [0.15, 0.2) is 18.2 Å². The molecule has 2 rings (SSSR count). The summed E-state index contributed by atoms with van der Waals surface area (Å²) >= 11 is 0. The van der Waals surface area contributed by atoms with E-state index >= 15 is 0 Å². The third-order valence-corrected chi connectivity index (χ3v) is 4.21. The smallest absolute Gasteiger partial charge is 0.122 e. The van der Waals surface area contributed by atoms with Gasteiger partial charge in [0.1, 0.15) is 5.75 Å². The van der Waals surface area contributed by atoms with Gasteiger partial charge >= 0.3 is 0 Å². The van der Waals surface area contributed by atoms with E-state index < -0.39 is 0 Å². The van der Waals surface area contributed by atoms with Crippen LogP contribution in [0.25, 0.3) is 0 Å². The van der Waals surface area contributed by atoms with Crippen molar-refractivity contribution in [1.29, 1.82) is 0 Å². The van der Waals surface area contributed by atoms with Crippen LogP contribution in [0.5, 0.6) is 5.75 Å². The Hall–Kier alpha value is -1.02. The van der Waals surface area contributed by atoms with Crippen LogP contribution < -0.4 is 4.74 Å². The Morgan fingerprint density at radius 1 is 1.37 bits per heavy atom. The largest absolute Gasteiger partial charge is 0.493 e. The summed E-state index contributed by atoms with van der Waals surface area (Å²) in [5, 5.41) is 9.89. The molecule has 0 heterocycles. The Morgan fingerprint density at radius 3 is 2.95 bits per heavy atom. The van der Waals surface area contributed by atoms with Crippen molar-refractivity contribution in [2.24, 2.45) is 5.92 Å². The van der Waals surface area contributed by atoms with Gasteiger partial charge in [0.05, 0.1) is 12.7 Å². The summed E-state index contributed by atoms with van der Waals surface area (Å²) in [6.07, 6.45) is 6.46. The van der Waals surface area contributed by atoms with Gasteiger partial charge in [0.15, 0.2) is 0 Å². The molecule has 1 N–H and O–H groups in total. The second kappa shape index (κ2) is 6.95. The zero-order valence-corrected chi connectivity index (χ0v) is 12.2. The fourth-order valence-electron chi connectivity index (χ4n) is 2.84. The quantitative estimate of drug-likeness (QED) is 0.795. The minimum atomic E-state index is -0.291. The third kappa shape index (κ3) is 3.50. The lowest BCUT2D eigenvalue weighted by Gasteiger charge is -2.17. The lowest BCUT2D eigenvalue weighted by Crippen LogP contribution is -2.12. The van der Waals surface area contributed by atoms with Crippen molar-refractivity contribution in [1.82, 2.24) is 0 Å². The Labute approximate surface area is 116 Å². The van der Waals surface area contributed by atoms with Crippen molar-refractivity contribution in [2.75, 3.05) is 6.61 Å². The number of hydrogen-bond donors (Lipinski definition) is 1. The van der Waals surface area contributed by atoms with Gasteiger partial charge in [0.25, 0.3) is 0 Å². The summed E-state index contributed by atoms with van der Waals surface area (Å²) < 4.78 is 6.04. The SMILES string of the molecule is CCCCC(CC)COc1cccc2c1CCC2O. The lowest BCUT2D eigenvalue weighted by molar-refractivity contribution is 0.180. The van der Waals surface area contributed by atoms with E-state index in [0.717, 1.165) is 30.8 Å². The van der Waals surface area contributed by atoms with Gasteiger partial charge in [-0.25, -0.2) is 0 Å². The van der Waals surface area contributed by atoms with Gasteiger partial charge in [0.2, 0.25) is 0 Å². The first-order valence-corrected chi connectivity index (χ1v) is 7.68. The first-order chi connectivity index (χ1) is 9.26. The first-order valence-electron chi connectivity index (χ1n) is 7.68. The molecule has 1 aliphatic rings. The van der Waals surface area contributed by atoms with Crippen LogP contribution in [0, 0.1) is 5.92 Å². The molecule has 2 nitrogen and oxygen atoms in total. The number of hydrogen-bond acceptors (Lipinski definition) is 2. The van der Waals surface area contributed by atoms with Crippen LogP contribution in [-0.2, 0) is 6.42 Å². The molecule has 1 aromatic carbocycles. The van der Waals surface area contributed by atoms with E-state index in [1.54, 1.807) is 0 Å². The van der Waals surface area contributed by atoms with Gasteiger partial charge in [-0.05, 0) is 36.8 Å². The Morgan fingerprint density at radius 2 is 2.21 bits per heavy atom. The summed E-state index contributed by atoms with van der Waals surface area (Å²) in [6, 6.07) is 6.06. The topological polar surface area (TPSA) is 29.5 Å². The summed E-state index contributed by atoms with van der Waals surface area (Å²) in [6.45, 7) is 5.28. The number of ether oxygens (including phenoxy) is 1. The molecule has 2 unspecified atom stereocenters. The van der Waals surface area contributed by atoms with E-state index in [1.807, 2.05) is 18.2 Å². The average molecular weight is 262 g/mol. The highest BCUT2D eigenvalue weighted by molar-refractivity contribution is 5.44. The molecule has 2 atom stereocenters. The fourth-order valence-corrected chi connectivity index (χ4v) is 2.84. The normalized spacial score (nSPS) is 19.2. The summed E-state index contributed by atoms with van der Waals surface area (Å²) in [4.78, 5) is 0. The minimum absolute atomic E-state index is 0.291. The zero-order valence-electron chi connectivity index (χ0n) is 12.2. The molecule has 1 aliphatic carbocycles. The van der Waals surface area contributed by atoms with Gasteiger partial charge < -0.3 is 9.84 Å². The standard InChI is InChI=1S/C17H26O2/c1-3-5-7-13(4-2)12-19-17-9-6-8-14-15(17)10-11-16(14)18/h6,8-9,13,16,18H,3-5,7,10-12H2,1-2H3. The number of aliphatic hydroxyl groups is 1. The maximum Gasteiger partial charge on any atom is 0.122 e. The minimum Gasteiger partial charge on any atom is -0.493 e. The highest BCUT2D eigenvalue weighted by atomic mass is 16.5. The molecule has 19 heavy (non-hydrogen) atoms. The molecule has 0 amide bonds. The van der Waals surface area contributed by atoms with Crippen molar-refractivity contribution < 1.29 is 9.84 Å². The molecule has 0 saturated carbocycles. The van der Waals surface area contributed by atoms with Gasteiger partial charge in [-0.3, -0.25) is 0 Å². The molecular weight excluding hydrogens is 236 g/mol. The number of aliphatic hydroxyl groups excluding tert-OH is 1. The summed E-state index contributed by atoms with van der Waals surface area (Å²) in [5.41, 5.74) is 2.29. The van der Waals surface area contributed by atoms with Gasteiger partial charge in [0, 0.05) is 5.56 Å². The van der Waals surface area contributed by atoms with Crippen molar-refractivity contribution in [3.8, 4) is 5.75 Å². The third-order valence-electron chi connectivity index (χ3n) is 4.21. The summed E-state index contributed by atoms with van der Waals surface area (Å²) in [7, 11) is 0. The highest BCUT2D eigenvalue weighted by Crippen LogP contribution is 2.36. The molecule has 0 spiro atoms. The monoisotopic (exact) mass is 262 g/mol. The van der Waals surface area contributed by atoms with Crippen molar-refractivity contribution in [3.05, 3.63) is 29.3 Å². The molecule has 106 valence electrons. The molecule has 0 aliphatic heterocycles. The molecule has 1 aromatic rings. The van der Waals surface area contributed by atoms with Crippen LogP contribution >= 0.6 is 0 Å². The average Bonchev–Trinajstić information content (AvgIpc) is 2.82. The predicted molar refractivity (Wildman–Crippen MR) is 78.5 cm³/mol. The lowest BCUT2D eigenvalue weighted by atomic mass is 10.0. The number of unbranched alkanes of at least 4 members (excludes halogenated alkanes) is 1. The van der Waals surface area contributed by atoms with Crippen molar-refractivity contribution in [2.45, 2.75) is 58.5 Å². The summed E-state index contributed by atoms with van der Waals surface area (Å²) in [5.74, 6) is 1.64. The van der Waals surface area contributed by atoms with Crippen molar-refractivity contribution >= 4 is 0 Å². The van der Waals surface area contributed by atoms with Crippen LogP contribution in [0.1, 0.15) is 63.2 Å². The van der Waals surface area contributed by atoms with E-state index in [1.165, 1.54) is 31.2 Å². The highest BCUT2D eigenvalue weighted by Gasteiger charge is 2.23. The predicted octanol–water partition coefficient (Wildman–Crippen LogP) is 4.26. The second-order valence-corrected chi connectivity index (χ2v) is 5.61. The van der Waals surface area contributed by atoms with Crippen LogP contribution in [0.3, 0.4) is 0 Å². The first kappa shape index (κ1) is 14.4. The van der Waals surface area contributed by atoms with E-state index in [0.29, 0.717) is 5.92 Å². The molecule has 0 bridgehead atoms.